The normalized spacial score (nSPS) is 10.3. The van der Waals surface area contributed by atoms with Crippen molar-refractivity contribution in [2.45, 2.75) is 6.92 Å². The summed E-state index contributed by atoms with van der Waals surface area (Å²) in [6.07, 6.45) is 2.42. The molecule has 0 aliphatic carbocycles. The van der Waals surface area contributed by atoms with E-state index >= 15 is 0 Å². The molecule has 0 N–H and O–H groups in total. The Morgan fingerprint density at radius 3 is 2.42 bits per heavy atom. The highest BCUT2D eigenvalue weighted by molar-refractivity contribution is 5.85. The maximum atomic E-state index is 11.2. The van der Waals surface area contributed by atoms with E-state index in [0.717, 1.165) is 17.4 Å². The fourth-order valence-electron chi connectivity index (χ4n) is 2.02. The lowest BCUT2D eigenvalue weighted by Crippen LogP contribution is -1.97. The Labute approximate surface area is 111 Å². The third-order valence-corrected chi connectivity index (χ3v) is 3.08. The molecule has 19 heavy (non-hydrogen) atoms. The number of rotatable bonds is 4. The van der Waals surface area contributed by atoms with Crippen molar-refractivity contribution in [2.24, 2.45) is 7.05 Å². The average molecular weight is 260 g/mol. The quantitative estimate of drug-likeness (QED) is 0.791. The van der Waals surface area contributed by atoms with Crippen molar-refractivity contribution in [1.82, 2.24) is 9.55 Å². The van der Waals surface area contributed by atoms with Crippen LogP contribution in [0.25, 0.3) is 11.3 Å². The molecular formula is C14H16N2O3. The second kappa shape index (κ2) is 5.14. The van der Waals surface area contributed by atoms with Crippen LogP contribution in [0.5, 0.6) is 11.5 Å². The first-order valence-corrected chi connectivity index (χ1v) is 5.81. The summed E-state index contributed by atoms with van der Waals surface area (Å²) >= 11 is 0. The van der Waals surface area contributed by atoms with Gasteiger partial charge in [0, 0.05) is 12.6 Å². The zero-order valence-corrected chi connectivity index (χ0v) is 11.4. The monoisotopic (exact) mass is 260 g/mol. The Morgan fingerprint density at radius 1 is 1.21 bits per heavy atom. The van der Waals surface area contributed by atoms with Gasteiger partial charge in [-0.1, -0.05) is 0 Å². The highest BCUT2D eigenvalue weighted by Gasteiger charge is 2.16. The van der Waals surface area contributed by atoms with Crippen LogP contribution in [0.4, 0.5) is 0 Å². The maximum Gasteiger partial charge on any atom is 0.168 e. The molecule has 1 aromatic carbocycles. The largest absolute Gasteiger partial charge is 0.493 e. The number of carbonyl (C=O) groups excluding carboxylic acids is 1. The van der Waals surface area contributed by atoms with E-state index in [1.807, 2.05) is 19.1 Å². The van der Waals surface area contributed by atoms with Crippen molar-refractivity contribution in [1.29, 1.82) is 0 Å². The van der Waals surface area contributed by atoms with Crippen molar-refractivity contribution in [3.05, 3.63) is 29.7 Å². The molecule has 0 atom stereocenters. The second-order valence-corrected chi connectivity index (χ2v) is 4.23. The lowest BCUT2D eigenvalue weighted by molar-refractivity contribution is 0.111. The average Bonchev–Trinajstić information content (AvgIpc) is 2.79. The molecule has 0 spiro atoms. The predicted octanol–water partition coefficient (Wildman–Crippen LogP) is 2.23. The van der Waals surface area contributed by atoms with Crippen LogP contribution in [0.3, 0.4) is 0 Å². The smallest absolute Gasteiger partial charge is 0.168 e. The van der Waals surface area contributed by atoms with Gasteiger partial charge in [-0.15, -0.1) is 0 Å². The molecule has 0 bridgehead atoms. The standard InChI is InChI=1S/C14H16N2O3/c1-9-5-12(18-3)13(19-4)6-10(9)14-11(7-17)16(2)8-15-14/h5-8H,1-4H3. The molecule has 0 radical (unpaired) electrons. The number of methoxy groups -OCH3 is 2. The molecule has 0 amide bonds. The molecule has 0 aliphatic heterocycles. The van der Waals surface area contributed by atoms with E-state index < -0.39 is 0 Å². The minimum Gasteiger partial charge on any atom is -0.493 e. The molecule has 0 aliphatic rings. The van der Waals surface area contributed by atoms with E-state index in [9.17, 15) is 4.79 Å². The fourth-order valence-corrected chi connectivity index (χ4v) is 2.02. The van der Waals surface area contributed by atoms with Crippen molar-refractivity contribution in [2.75, 3.05) is 14.2 Å². The first-order valence-electron chi connectivity index (χ1n) is 5.81. The van der Waals surface area contributed by atoms with E-state index in [2.05, 4.69) is 4.98 Å². The fraction of sp³-hybridized carbons (Fsp3) is 0.286. The first-order chi connectivity index (χ1) is 9.12. The molecule has 5 nitrogen and oxygen atoms in total. The van der Waals surface area contributed by atoms with Gasteiger partial charge < -0.3 is 14.0 Å². The number of hydrogen-bond acceptors (Lipinski definition) is 4. The van der Waals surface area contributed by atoms with Crippen molar-refractivity contribution < 1.29 is 14.3 Å². The molecular weight excluding hydrogens is 244 g/mol. The van der Waals surface area contributed by atoms with Crippen LogP contribution in [0.2, 0.25) is 0 Å². The third kappa shape index (κ3) is 2.19. The number of hydrogen-bond donors (Lipinski definition) is 0. The molecule has 0 unspecified atom stereocenters. The maximum absolute atomic E-state index is 11.2. The molecule has 0 fully saturated rings. The Bertz CT molecular complexity index is 617. The molecule has 5 heteroatoms. The van der Waals surface area contributed by atoms with E-state index in [-0.39, 0.29) is 0 Å². The van der Waals surface area contributed by atoms with Crippen LogP contribution < -0.4 is 9.47 Å². The number of aromatic nitrogens is 2. The Hall–Kier alpha value is -2.30. The van der Waals surface area contributed by atoms with Crippen LogP contribution in [-0.2, 0) is 7.05 Å². The number of benzene rings is 1. The topological polar surface area (TPSA) is 53.4 Å². The van der Waals surface area contributed by atoms with Gasteiger partial charge in [0.15, 0.2) is 17.8 Å². The van der Waals surface area contributed by atoms with Gasteiger partial charge in [0.1, 0.15) is 5.69 Å². The molecule has 2 rings (SSSR count). The lowest BCUT2D eigenvalue weighted by Gasteiger charge is -2.12. The van der Waals surface area contributed by atoms with Gasteiger partial charge in [-0.05, 0) is 24.6 Å². The van der Waals surface area contributed by atoms with Gasteiger partial charge >= 0.3 is 0 Å². The van der Waals surface area contributed by atoms with Crippen molar-refractivity contribution >= 4 is 6.29 Å². The number of nitrogens with zero attached hydrogens (tertiary/aromatic N) is 2. The van der Waals surface area contributed by atoms with Crippen LogP contribution in [0.1, 0.15) is 16.1 Å². The molecule has 1 heterocycles. The van der Waals surface area contributed by atoms with Gasteiger partial charge in [-0.2, -0.15) is 0 Å². The van der Waals surface area contributed by atoms with Gasteiger partial charge in [-0.25, -0.2) is 4.98 Å². The summed E-state index contributed by atoms with van der Waals surface area (Å²) in [6.45, 7) is 1.94. The first kappa shape index (κ1) is 13.1. The zero-order chi connectivity index (χ0) is 14.0. The number of aryl methyl sites for hydroxylation is 2. The van der Waals surface area contributed by atoms with Crippen LogP contribution in [0.15, 0.2) is 18.5 Å². The summed E-state index contributed by atoms with van der Waals surface area (Å²) in [5.41, 5.74) is 3.02. The molecule has 0 saturated carbocycles. The third-order valence-electron chi connectivity index (χ3n) is 3.08. The summed E-state index contributed by atoms with van der Waals surface area (Å²) in [7, 11) is 4.96. The number of imidazole rings is 1. The van der Waals surface area contributed by atoms with E-state index in [1.165, 1.54) is 0 Å². The van der Waals surface area contributed by atoms with Crippen LogP contribution in [0, 0.1) is 6.92 Å². The number of ether oxygens (including phenoxy) is 2. The Kier molecular flexibility index (Phi) is 3.55. The van der Waals surface area contributed by atoms with Crippen LogP contribution >= 0.6 is 0 Å². The van der Waals surface area contributed by atoms with Crippen molar-refractivity contribution in [3.8, 4) is 22.8 Å². The van der Waals surface area contributed by atoms with Crippen LogP contribution in [-0.4, -0.2) is 30.1 Å². The summed E-state index contributed by atoms with van der Waals surface area (Å²) in [5.74, 6) is 1.28. The van der Waals surface area contributed by atoms with Gasteiger partial charge in [-0.3, -0.25) is 4.79 Å². The summed E-state index contributed by atoms with van der Waals surface area (Å²) in [5, 5.41) is 0. The summed E-state index contributed by atoms with van der Waals surface area (Å²) in [6, 6.07) is 3.71. The van der Waals surface area contributed by atoms with Gasteiger partial charge in [0.25, 0.3) is 0 Å². The minimum absolute atomic E-state index is 0.537. The molecule has 0 saturated heterocycles. The van der Waals surface area contributed by atoms with E-state index in [1.54, 1.807) is 32.2 Å². The highest BCUT2D eigenvalue weighted by atomic mass is 16.5. The molecule has 100 valence electrons. The van der Waals surface area contributed by atoms with Gasteiger partial charge in [0.2, 0.25) is 0 Å². The number of carbonyl (C=O) groups is 1. The van der Waals surface area contributed by atoms with E-state index in [0.29, 0.717) is 22.9 Å². The summed E-state index contributed by atoms with van der Waals surface area (Å²) in [4.78, 5) is 15.4. The zero-order valence-electron chi connectivity index (χ0n) is 11.4. The molecule has 2 aromatic rings. The minimum atomic E-state index is 0.537. The Morgan fingerprint density at radius 2 is 1.84 bits per heavy atom. The van der Waals surface area contributed by atoms with Crippen molar-refractivity contribution in [3.63, 3.8) is 0 Å². The van der Waals surface area contributed by atoms with Gasteiger partial charge in [0.05, 0.1) is 26.2 Å². The SMILES string of the molecule is COc1cc(C)c(-c2ncn(C)c2C=O)cc1OC. The molecule has 1 aromatic heterocycles. The number of aldehydes is 1. The lowest BCUT2D eigenvalue weighted by atomic mass is 10.0. The second-order valence-electron chi connectivity index (χ2n) is 4.23. The summed E-state index contributed by atoms with van der Waals surface area (Å²) < 4.78 is 12.2. The highest BCUT2D eigenvalue weighted by Crippen LogP contribution is 2.35. The van der Waals surface area contributed by atoms with E-state index in [4.69, 9.17) is 9.47 Å². The Balaban J connectivity index is 2.65. The predicted molar refractivity (Wildman–Crippen MR) is 71.9 cm³/mol.